The summed E-state index contributed by atoms with van der Waals surface area (Å²) in [4.78, 5) is 22.3. The Labute approximate surface area is 106 Å². The number of rotatable bonds is 3. The van der Waals surface area contributed by atoms with E-state index in [0.29, 0.717) is 11.7 Å². The lowest BCUT2D eigenvalue weighted by Gasteiger charge is -2.28. The second kappa shape index (κ2) is 5.76. The van der Waals surface area contributed by atoms with Crippen molar-refractivity contribution in [3.63, 3.8) is 0 Å². The summed E-state index contributed by atoms with van der Waals surface area (Å²) in [5, 5.41) is 2.91. The quantitative estimate of drug-likeness (QED) is 0.843. The van der Waals surface area contributed by atoms with E-state index in [9.17, 15) is 9.59 Å². The number of ether oxygens (including phenoxy) is 1. The molecule has 2 atom stereocenters. The van der Waals surface area contributed by atoms with E-state index >= 15 is 0 Å². The van der Waals surface area contributed by atoms with Gasteiger partial charge in [0.25, 0.3) is 0 Å². The molecule has 1 saturated carbocycles. The topological polar surface area (TPSA) is 55.4 Å². The monoisotopic (exact) mass is 257 g/mol. The minimum Gasteiger partial charge on any atom is -0.444 e. The van der Waals surface area contributed by atoms with Crippen LogP contribution in [0.2, 0.25) is 0 Å². The maximum absolute atomic E-state index is 11.3. The zero-order valence-corrected chi connectivity index (χ0v) is 10.9. The molecule has 1 aliphatic carbocycles. The molecule has 1 amide bonds. The second-order valence-corrected chi connectivity index (χ2v) is 6.02. The van der Waals surface area contributed by atoms with Crippen LogP contribution in [-0.4, -0.2) is 29.1 Å². The number of carbonyl (C=O) groups excluding carboxylic acids is 2. The number of thioether (sulfide) groups is 1. The molecular formula is C12H19NO3S. The number of nitrogens with one attached hydrogen (secondary N) is 1. The molecule has 17 heavy (non-hydrogen) atoms. The average Bonchev–Trinajstić information content (AvgIpc) is 2.69. The maximum Gasteiger partial charge on any atom is 0.407 e. The number of alkyl carbamates (subject to hydrolysis) is 1. The Hall–Kier alpha value is -0.710. The lowest BCUT2D eigenvalue weighted by Crippen LogP contribution is -2.39. The van der Waals surface area contributed by atoms with E-state index in [4.69, 9.17) is 4.74 Å². The Morgan fingerprint density at radius 2 is 2.12 bits per heavy atom. The number of hydrogen-bond acceptors (Lipinski definition) is 4. The molecule has 1 aliphatic heterocycles. The van der Waals surface area contributed by atoms with Crippen LogP contribution in [0.4, 0.5) is 4.79 Å². The van der Waals surface area contributed by atoms with Crippen molar-refractivity contribution in [3.8, 4) is 0 Å². The third-order valence-corrected chi connectivity index (χ3v) is 4.46. The second-order valence-electron chi connectivity index (χ2n) is 4.82. The van der Waals surface area contributed by atoms with E-state index < -0.39 is 0 Å². The Bertz CT molecular complexity index is 302. The minimum atomic E-state index is -0.324. The number of cyclic esters (lactones) is 1. The van der Waals surface area contributed by atoms with Gasteiger partial charge in [-0.25, -0.2) is 4.79 Å². The van der Waals surface area contributed by atoms with Crippen LogP contribution in [0.3, 0.4) is 0 Å². The van der Waals surface area contributed by atoms with E-state index in [2.05, 4.69) is 5.32 Å². The maximum atomic E-state index is 11.3. The lowest BCUT2D eigenvalue weighted by molar-refractivity contribution is -0.109. The van der Waals surface area contributed by atoms with Gasteiger partial charge in [0.05, 0.1) is 6.04 Å². The summed E-state index contributed by atoms with van der Waals surface area (Å²) in [6.45, 7) is 1.55. The first-order valence-electron chi connectivity index (χ1n) is 6.27. The summed E-state index contributed by atoms with van der Waals surface area (Å²) in [5.41, 5.74) is 0. The van der Waals surface area contributed by atoms with Crippen LogP contribution in [0.15, 0.2) is 0 Å². The van der Waals surface area contributed by atoms with Gasteiger partial charge in [-0.05, 0) is 18.8 Å². The van der Waals surface area contributed by atoms with Gasteiger partial charge in [0.2, 0.25) is 0 Å². The molecule has 2 fully saturated rings. The van der Waals surface area contributed by atoms with Gasteiger partial charge in [-0.15, -0.1) is 0 Å². The van der Waals surface area contributed by atoms with Crippen LogP contribution in [0.25, 0.3) is 0 Å². The first-order chi connectivity index (χ1) is 8.16. The average molecular weight is 257 g/mol. The van der Waals surface area contributed by atoms with Crippen LogP contribution >= 0.6 is 11.8 Å². The van der Waals surface area contributed by atoms with E-state index in [1.54, 1.807) is 6.92 Å². The Morgan fingerprint density at radius 3 is 2.76 bits per heavy atom. The number of hydrogen-bond donors (Lipinski definition) is 1. The van der Waals surface area contributed by atoms with Crippen molar-refractivity contribution in [1.29, 1.82) is 0 Å². The molecule has 4 nitrogen and oxygen atoms in total. The number of carbonyl (C=O) groups is 2. The highest BCUT2D eigenvalue weighted by Gasteiger charge is 2.39. The minimum absolute atomic E-state index is 0.000463. The molecule has 0 aromatic heterocycles. The normalized spacial score (nSPS) is 29.8. The lowest BCUT2D eigenvalue weighted by atomic mass is 9.83. The fourth-order valence-electron chi connectivity index (χ4n) is 2.70. The Balaban J connectivity index is 1.92. The predicted molar refractivity (Wildman–Crippen MR) is 66.9 cm³/mol. The molecule has 0 unspecified atom stereocenters. The molecular weight excluding hydrogens is 238 g/mol. The van der Waals surface area contributed by atoms with Gasteiger partial charge < -0.3 is 10.1 Å². The molecule has 0 radical (unpaired) electrons. The van der Waals surface area contributed by atoms with Gasteiger partial charge in [-0.2, -0.15) is 0 Å². The first kappa shape index (κ1) is 12.7. The van der Waals surface area contributed by atoms with Crippen LogP contribution in [0.5, 0.6) is 0 Å². The van der Waals surface area contributed by atoms with Crippen molar-refractivity contribution in [2.45, 2.75) is 51.2 Å². The molecule has 1 heterocycles. The van der Waals surface area contributed by atoms with Crippen LogP contribution in [-0.2, 0) is 9.53 Å². The number of amides is 1. The van der Waals surface area contributed by atoms with Gasteiger partial charge in [0, 0.05) is 12.7 Å². The Kier molecular flexibility index (Phi) is 4.31. The van der Waals surface area contributed by atoms with Crippen LogP contribution in [0, 0.1) is 5.92 Å². The summed E-state index contributed by atoms with van der Waals surface area (Å²) >= 11 is 1.26. The van der Waals surface area contributed by atoms with Crippen molar-refractivity contribution in [1.82, 2.24) is 5.32 Å². The van der Waals surface area contributed by atoms with E-state index in [-0.39, 0.29) is 23.4 Å². The first-order valence-corrected chi connectivity index (χ1v) is 7.26. The fraction of sp³-hybridized carbons (Fsp3) is 0.833. The molecule has 96 valence electrons. The van der Waals surface area contributed by atoms with Crippen LogP contribution in [0.1, 0.15) is 39.0 Å². The van der Waals surface area contributed by atoms with E-state index in [1.165, 1.54) is 31.0 Å². The summed E-state index contributed by atoms with van der Waals surface area (Å²) in [5.74, 6) is 1.10. The molecule has 0 bridgehead atoms. The van der Waals surface area contributed by atoms with Crippen molar-refractivity contribution < 1.29 is 14.3 Å². The third-order valence-electron chi connectivity index (χ3n) is 3.52. The highest BCUT2D eigenvalue weighted by Crippen LogP contribution is 2.32. The molecule has 0 spiro atoms. The molecule has 2 rings (SSSR count). The van der Waals surface area contributed by atoms with Gasteiger partial charge in [0.1, 0.15) is 6.10 Å². The van der Waals surface area contributed by atoms with Gasteiger partial charge >= 0.3 is 6.09 Å². The molecule has 5 heteroatoms. The molecule has 1 N–H and O–H groups in total. The van der Waals surface area contributed by atoms with Gasteiger partial charge in [-0.1, -0.05) is 31.0 Å². The summed E-state index contributed by atoms with van der Waals surface area (Å²) in [7, 11) is 0. The highest BCUT2D eigenvalue weighted by atomic mass is 32.2. The zero-order chi connectivity index (χ0) is 12.3. The van der Waals surface area contributed by atoms with Gasteiger partial charge in [0.15, 0.2) is 5.12 Å². The fourth-order valence-corrected chi connectivity index (χ4v) is 3.39. The summed E-state index contributed by atoms with van der Waals surface area (Å²) in [6.07, 6.45) is 5.67. The smallest absolute Gasteiger partial charge is 0.407 e. The molecule has 1 saturated heterocycles. The standard InChI is InChI=1S/C12H19NO3S/c1-8(14)17-7-10-11(16-12(15)13-10)9-5-3-2-4-6-9/h9-11H,2-7H2,1H3,(H,13,15)/t10-,11-/m1/s1. The molecule has 2 aliphatic rings. The molecule has 0 aromatic carbocycles. The summed E-state index contributed by atoms with van der Waals surface area (Å²) in [6, 6.07) is -0.000463. The van der Waals surface area contributed by atoms with Gasteiger partial charge in [-0.3, -0.25) is 4.79 Å². The van der Waals surface area contributed by atoms with E-state index in [1.807, 2.05) is 0 Å². The third kappa shape index (κ3) is 3.37. The van der Waals surface area contributed by atoms with Crippen molar-refractivity contribution >= 4 is 23.0 Å². The molecule has 0 aromatic rings. The SMILES string of the molecule is CC(=O)SC[C@H]1NC(=O)O[C@@H]1C1CCCCC1. The summed E-state index contributed by atoms with van der Waals surface area (Å²) < 4.78 is 5.37. The Morgan fingerprint density at radius 1 is 1.41 bits per heavy atom. The van der Waals surface area contributed by atoms with Crippen molar-refractivity contribution in [3.05, 3.63) is 0 Å². The zero-order valence-electron chi connectivity index (χ0n) is 10.1. The van der Waals surface area contributed by atoms with Crippen LogP contribution < -0.4 is 5.32 Å². The van der Waals surface area contributed by atoms with Crippen molar-refractivity contribution in [2.24, 2.45) is 5.92 Å². The largest absolute Gasteiger partial charge is 0.444 e. The van der Waals surface area contributed by atoms with Crippen molar-refractivity contribution in [2.75, 3.05) is 5.75 Å². The van der Waals surface area contributed by atoms with E-state index in [0.717, 1.165) is 12.8 Å². The highest BCUT2D eigenvalue weighted by molar-refractivity contribution is 8.13. The predicted octanol–water partition coefficient (Wildman–Crippen LogP) is 2.32.